The highest BCUT2D eigenvalue weighted by atomic mass is 16.5. The average Bonchev–Trinajstić information content (AvgIpc) is 3.27. The molecule has 0 aliphatic heterocycles. The standard InChI is InChI=1S/C20H20N4O4/c1-13-22-23(20(26)16-11-18-15(24(13)16)8-10-28-18)12-19(25)21-9-7-14-5-3-4-6-17(14)27-2/h3-6,8,10-11H,7,9,12H2,1-2H3,(H,21,25). The summed E-state index contributed by atoms with van der Waals surface area (Å²) in [6.07, 6.45) is 2.20. The third-order valence-electron chi connectivity index (χ3n) is 4.67. The number of hydrogen-bond donors (Lipinski definition) is 1. The summed E-state index contributed by atoms with van der Waals surface area (Å²) in [6.45, 7) is 2.08. The van der Waals surface area contributed by atoms with Gasteiger partial charge < -0.3 is 14.5 Å². The molecule has 1 aromatic carbocycles. The molecule has 144 valence electrons. The zero-order chi connectivity index (χ0) is 19.7. The molecule has 0 saturated carbocycles. The topological polar surface area (TPSA) is 90.8 Å². The van der Waals surface area contributed by atoms with Gasteiger partial charge in [0.15, 0.2) is 5.58 Å². The van der Waals surface area contributed by atoms with Crippen LogP contribution in [-0.2, 0) is 17.8 Å². The highest BCUT2D eigenvalue weighted by Gasteiger charge is 2.15. The molecular formula is C20H20N4O4. The molecule has 0 radical (unpaired) electrons. The Bertz CT molecular complexity index is 1220. The first-order valence-electron chi connectivity index (χ1n) is 8.93. The molecule has 8 nitrogen and oxygen atoms in total. The Hall–Kier alpha value is -3.55. The second-order valence-electron chi connectivity index (χ2n) is 6.46. The lowest BCUT2D eigenvalue weighted by Crippen LogP contribution is -2.35. The molecule has 4 aromatic rings. The number of para-hydroxylation sites is 1. The fourth-order valence-electron chi connectivity index (χ4n) is 3.37. The van der Waals surface area contributed by atoms with Gasteiger partial charge in [0.05, 0.1) is 18.9 Å². The fraction of sp³-hybridized carbons (Fsp3) is 0.250. The number of furan rings is 1. The first-order chi connectivity index (χ1) is 13.6. The van der Waals surface area contributed by atoms with E-state index < -0.39 is 0 Å². The molecule has 0 atom stereocenters. The van der Waals surface area contributed by atoms with Gasteiger partial charge in [0, 0.05) is 18.7 Å². The number of aromatic nitrogens is 3. The molecule has 4 rings (SSSR count). The number of nitrogens with one attached hydrogen (secondary N) is 1. The second-order valence-corrected chi connectivity index (χ2v) is 6.46. The van der Waals surface area contributed by atoms with Gasteiger partial charge in [0.1, 0.15) is 23.6 Å². The van der Waals surface area contributed by atoms with E-state index in [1.165, 1.54) is 4.68 Å². The molecule has 0 fully saturated rings. The lowest BCUT2D eigenvalue weighted by molar-refractivity contribution is -0.121. The third-order valence-corrected chi connectivity index (χ3v) is 4.67. The summed E-state index contributed by atoms with van der Waals surface area (Å²) >= 11 is 0. The molecule has 0 saturated heterocycles. The SMILES string of the molecule is COc1ccccc1CCNC(=O)Cn1nc(C)n2c(cc3occc32)c1=O. The van der Waals surface area contributed by atoms with E-state index in [0.717, 1.165) is 16.8 Å². The van der Waals surface area contributed by atoms with Crippen LogP contribution in [0.1, 0.15) is 11.4 Å². The van der Waals surface area contributed by atoms with E-state index in [9.17, 15) is 9.59 Å². The van der Waals surface area contributed by atoms with Gasteiger partial charge in [0.2, 0.25) is 5.91 Å². The van der Waals surface area contributed by atoms with E-state index in [4.69, 9.17) is 9.15 Å². The van der Waals surface area contributed by atoms with Crippen molar-refractivity contribution < 1.29 is 13.9 Å². The Kier molecular flexibility index (Phi) is 4.60. The van der Waals surface area contributed by atoms with Crippen LogP contribution < -0.4 is 15.6 Å². The highest BCUT2D eigenvalue weighted by Crippen LogP contribution is 2.20. The minimum Gasteiger partial charge on any atom is -0.496 e. The van der Waals surface area contributed by atoms with Gasteiger partial charge >= 0.3 is 0 Å². The van der Waals surface area contributed by atoms with E-state index in [1.54, 1.807) is 36.8 Å². The van der Waals surface area contributed by atoms with Gasteiger partial charge in [-0.15, -0.1) is 0 Å². The normalized spacial score (nSPS) is 11.2. The number of aryl methyl sites for hydroxylation is 1. The lowest BCUT2D eigenvalue weighted by atomic mass is 10.1. The first-order valence-corrected chi connectivity index (χ1v) is 8.93. The van der Waals surface area contributed by atoms with Crippen LogP contribution >= 0.6 is 0 Å². The van der Waals surface area contributed by atoms with Gasteiger partial charge in [-0.05, 0) is 25.0 Å². The third kappa shape index (κ3) is 3.13. The van der Waals surface area contributed by atoms with Gasteiger partial charge in [-0.1, -0.05) is 18.2 Å². The maximum atomic E-state index is 12.7. The van der Waals surface area contributed by atoms with Crippen LogP contribution in [0.3, 0.4) is 0 Å². The van der Waals surface area contributed by atoms with Crippen molar-refractivity contribution in [1.29, 1.82) is 0 Å². The maximum absolute atomic E-state index is 12.7. The number of nitrogens with zero attached hydrogens (tertiary/aromatic N) is 3. The molecule has 0 aliphatic rings. The number of rotatable bonds is 6. The Balaban J connectivity index is 1.48. The van der Waals surface area contributed by atoms with Crippen LogP contribution in [0.4, 0.5) is 0 Å². The molecule has 0 unspecified atom stereocenters. The Labute approximate surface area is 160 Å². The van der Waals surface area contributed by atoms with Crippen LogP contribution in [-0.4, -0.2) is 33.7 Å². The smallest absolute Gasteiger partial charge is 0.291 e. The largest absolute Gasteiger partial charge is 0.496 e. The lowest BCUT2D eigenvalue weighted by Gasteiger charge is -2.10. The summed E-state index contributed by atoms with van der Waals surface area (Å²) in [5.74, 6) is 1.12. The van der Waals surface area contributed by atoms with Crippen molar-refractivity contribution in [2.45, 2.75) is 19.9 Å². The summed E-state index contributed by atoms with van der Waals surface area (Å²) in [6, 6.07) is 11.1. The monoisotopic (exact) mass is 380 g/mol. The summed E-state index contributed by atoms with van der Waals surface area (Å²) in [5.41, 5.74) is 2.50. The molecule has 0 bridgehead atoms. The van der Waals surface area contributed by atoms with E-state index in [1.807, 2.05) is 24.3 Å². The Morgan fingerprint density at radius 3 is 2.89 bits per heavy atom. The molecule has 1 amide bonds. The number of hydrogen-bond acceptors (Lipinski definition) is 5. The quantitative estimate of drug-likeness (QED) is 0.552. The van der Waals surface area contributed by atoms with Crippen molar-refractivity contribution >= 4 is 22.5 Å². The molecule has 1 N–H and O–H groups in total. The van der Waals surface area contributed by atoms with Crippen molar-refractivity contribution in [1.82, 2.24) is 19.5 Å². The van der Waals surface area contributed by atoms with Gasteiger partial charge in [-0.2, -0.15) is 5.10 Å². The molecule has 28 heavy (non-hydrogen) atoms. The first kappa shape index (κ1) is 17.8. The predicted octanol–water partition coefficient (Wildman–Crippen LogP) is 1.92. The fourth-order valence-corrected chi connectivity index (χ4v) is 3.37. The predicted molar refractivity (Wildman–Crippen MR) is 104 cm³/mol. The number of ether oxygens (including phenoxy) is 1. The second kappa shape index (κ2) is 7.22. The van der Waals surface area contributed by atoms with Crippen LogP contribution in [0.2, 0.25) is 0 Å². The number of carbonyl (C=O) groups is 1. The Morgan fingerprint density at radius 1 is 1.25 bits per heavy atom. The van der Waals surface area contributed by atoms with Crippen molar-refractivity contribution in [2.24, 2.45) is 0 Å². The molecule has 0 spiro atoms. The van der Waals surface area contributed by atoms with E-state index in [-0.39, 0.29) is 18.0 Å². The van der Waals surface area contributed by atoms with Crippen molar-refractivity contribution in [2.75, 3.05) is 13.7 Å². The van der Waals surface area contributed by atoms with E-state index in [0.29, 0.717) is 29.9 Å². The van der Waals surface area contributed by atoms with Crippen molar-refractivity contribution in [3.8, 4) is 5.75 Å². The number of methoxy groups -OCH3 is 1. The molecule has 3 aromatic heterocycles. The number of fused-ring (bicyclic) bond motifs is 3. The molecule has 8 heteroatoms. The Morgan fingerprint density at radius 2 is 2.07 bits per heavy atom. The van der Waals surface area contributed by atoms with E-state index >= 15 is 0 Å². The zero-order valence-corrected chi connectivity index (χ0v) is 15.6. The minimum atomic E-state index is -0.336. The number of carbonyl (C=O) groups excluding carboxylic acids is 1. The summed E-state index contributed by atoms with van der Waals surface area (Å²) in [4.78, 5) is 25.0. The van der Waals surface area contributed by atoms with Gasteiger partial charge in [-0.25, -0.2) is 4.68 Å². The van der Waals surface area contributed by atoms with Crippen LogP contribution in [0.15, 0.2) is 51.9 Å². The molecule has 0 aliphatic carbocycles. The van der Waals surface area contributed by atoms with Crippen LogP contribution in [0, 0.1) is 6.92 Å². The van der Waals surface area contributed by atoms with Gasteiger partial charge in [-0.3, -0.25) is 14.0 Å². The summed E-state index contributed by atoms with van der Waals surface area (Å²) < 4.78 is 13.6. The van der Waals surface area contributed by atoms with Crippen LogP contribution in [0.5, 0.6) is 5.75 Å². The minimum absolute atomic E-state index is 0.144. The van der Waals surface area contributed by atoms with Crippen LogP contribution in [0.25, 0.3) is 16.6 Å². The number of amides is 1. The van der Waals surface area contributed by atoms with Crippen molar-refractivity contribution in [3.05, 3.63) is 64.4 Å². The summed E-state index contributed by atoms with van der Waals surface area (Å²) in [7, 11) is 1.62. The maximum Gasteiger partial charge on any atom is 0.291 e. The summed E-state index contributed by atoms with van der Waals surface area (Å²) in [5, 5.41) is 7.11. The van der Waals surface area contributed by atoms with E-state index in [2.05, 4.69) is 10.4 Å². The molecular weight excluding hydrogens is 360 g/mol. The zero-order valence-electron chi connectivity index (χ0n) is 15.6. The molecule has 3 heterocycles. The average molecular weight is 380 g/mol. The highest BCUT2D eigenvalue weighted by molar-refractivity contribution is 5.82. The number of benzene rings is 1. The van der Waals surface area contributed by atoms with Crippen molar-refractivity contribution in [3.63, 3.8) is 0 Å². The van der Waals surface area contributed by atoms with Gasteiger partial charge in [0.25, 0.3) is 5.56 Å².